The van der Waals surface area contributed by atoms with E-state index in [1.165, 1.54) is 18.9 Å². The number of Topliss-reactive ketones (excluding diaryl/α,β-unsaturated/α-hetero) is 1. The minimum atomic E-state index is -0.956. The van der Waals surface area contributed by atoms with Crippen LogP contribution in [0, 0.1) is 0 Å². The van der Waals surface area contributed by atoms with Gasteiger partial charge >= 0.3 is 0 Å². The highest BCUT2D eigenvalue weighted by atomic mass is 16.5. The molecule has 0 spiro atoms. The Labute approximate surface area is 215 Å². The number of benzene rings is 3. The van der Waals surface area contributed by atoms with Crippen LogP contribution >= 0.6 is 0 Å². The molecule has 1 heterocycles. The van der Waals surface area contributed by atoms with Gasteiger partial charge < -0.3 is 19.9 Å². The molecule has 37 heavy (non-hydrogen) atoms. The second kappa shape index (κ2) is 11.0. The van der Waals surface area contributed by atoms with Crippen LogP contribution < -0.4 is 19.7 Å². The van der Waals surface area contributed by atoms with Crippen LogP contribution in [-0.2, 0) is 14.4 Å². The number of aliphatic hydroxyl groups is 1. The molecule has 190 valence electrons. The Morgan fingerprint density at radius 3 is 2.43 bits per heavy atom. The number of carbonyl (C=O) groups is 3. The van der Waals surface area contributed by atoms with Crippen LogP contribution in [0.25, 0.3) is 5.76 Å². The molecule has 1 atom stereocenters. The Hall–Kier alpha value is -4.59. The molecule has 3 aromatic carbocycles. The van der Waals surface area contributed by atoms with Crippen LogP contribution in [0.15, 0.2) is 78.4 Å². The number of amides is 2. The van der Waals surface area contributed by atoms with Crippen molar-refractivity contribution in [1.82, 2.24) is 0 Å². The van der Waals surface area contributed by atoms with Gasteiger partial charge in [0.1, 0.15) is 17.3 Å². The molecule has 2 amide bonds. The monoisotopic (exact) mass is 500 g/mol. The van der Waals surface area contributed by atoms with E-state index in [1.54, 1.807) is 72.8 Å². The highest BCUT2D eigenvalue weighted by Crippen LogP contribution is 2.45. The molecule has 1 saturated heterocycles. The Kier molecular flexibility index (Phi) is 7.57. The molecule has 0 saturated carbocycles. The van der Waals surface area contributed by atoms with Crippen molar-refractivity contribution < 1.29 is 29.0 Å². The summed E-state index contributed by atoms with van der Waals surface area (Å²) in [6.07, 6.45) is 0.815. The molecule has 4 rings (SSSR count). The van der Waals surface area contributed by atoms with Crippen molar-refractivity contribution in [3.05, 3.63) is 89.5 Å². The summed E-state index contributed by atoms with van der Waals surface area (Å²) in [5.41, 5.74) is 1.80. The normalized spacial score (nSPS) is 16.5. The number of rotatable bonds is 8. The number of anilines is 2. The van der Waals surface area contributed by atoms with E-state index < -0.39 is 17.7 Å². The maximum absolute atomic E-state index is 13.4. The summed E-state index contributed by atoms with van der Waals surface area (Å²) in [4.78, 5) is 39.6. The zero-order chi connectivity index (χ0) is 26.5. The van der Waals surface area contributed by atoms with E-state index in [-0.39, 0.29) is 17.2 Å². The van der Waals surface area contributed by atoms with Gasteiger partial charge in [0.05, 0.1) is 25.3 Å². The van der Waals surface area contributed by atoms with Crippen molar-refractivity contribution in [2.45, 2.75) is 26.3 Å². The first-order chi connectivity index (χ1) is 17.8. The van der Waals surface area contributed by atoms with Gasteiger partial charge in [-0.05, 0) is 48.9 Å². The van der Waals surface area contributed by atoms with E-state index in [4.69, 9.17) is 9.47 Å². The van der Waals surface area contributed by atoms with Crippen molar-refractivity contribution in [2.24, 2.45) is 0 Å². The molecule has 8 nitrogen and oxygen atoms in total. The third-order valence-electron chi connectivity index (χ3n) is 5.92. The molecule has 1 unspecified atom stereocenters. The lowest BCUT2D eigenvalue weighted by Crippen LogP contribution is -2.29. The van der Waals surface area contributed by atoms with Gasteiger partial charge in [-0.2, -0.15) is 0 Å². The fraction of sp³-hybridized carbons (Fsp3) is 0.207. The maximum atomic E-state index is 13.4. The van der Waals surface area contributed by atoms with Gasteiger partial charge in [0.2, 0.25) is 5.91 Å². The highest BCUT2D eigenvalue weighted by molar-refractivity contribution is 6.51. The van der Waals surface area contributed by atoms with Gasteiger partial charge in [-0.25, -0.2) is 0 Å². The van der Waals surface area contributed by atoms with Gasteiger partial charge in [0.25, 0.3) is 11.7 Å². The Morgan fingerprint density at radius 1 is 1.03 bits per heavy atom. The summed E-state index contributed by atoms with van der Waals surface area (Å²) in [7, 11) is 1.50. The quantitative estimate of drug-likeness (QED) is 0.254. The number of carbonyl (C=O) groups excluding carboxylic acids is 3. The van der Waals surface area contributed by atoms with Crippen molar-refractivity contribution in [3.63, 3.8) is 0 Å². The lowest BCUT2D eigenvalue weighted by Gasteiger charge is -2.26. The van der Waals surface area contributed by atoms with E-state index in [0.29, 0.717) is 40.6 Å². The van der Waals surface area contributed by atoms with Crippen molar-refractivity contribution in [3.8, 4) is 11.5 Å². The minimum absolute atomic E-state index is 0.0620. The summed E-state index contributed by atoms with van der Waals surface area (Å²) in [5, 5.41) is 14.1. The second-order valence-corrected chi connectivity index (χ2v) is 8.52. The number of hydrogen-bond donors (Lipinski definition) is 2. The zero-order valence-electron chi connectivity index (χ0n) is 20.9. The fourth-order valence-electron chi connectivity index (χ4n) is 4.30. The minimum Gasteiger partial charge on any atom is -0.507 e. The highest BCUT2D eigenvalue weighted by Gasteiger charge is 2.47. The van der Waals surface area contributed by atoms with E-state index in [0.717, 1.165) is 6.42 Å². The number of nitrogens with one attached hydrogen (secondary N) is 1. The van der Waals surface area contributed by atoms with Gasteiger partial charge in [-0.3, -0.25) is 19.3 Å². The van der Waals surface area contributed by atoms with Crippen LogP contribution in [0.4, 0.5) is 11.4 Å². The predicted molar refractivity (Wildman–Crippen MR) is 141 cm³/mol. The number of ketones is 1. The molecule has 0 bridgehead atoms. The Balaban J connectivity index is 1.88. The van der Waals surface area contributed by atoms with E-state index in [1.807, 2.05) is 6.92 Å². The fourth-order valence-corrected chi connectivity index (χ4v) is 4.30. The Morgan fingerprint density at radius 2 is 1.76 bits per heavy atom. The zero-order valence-corrected chi connectivity index (χ0v) is 20.9. The molecular formula is C29H28N2O6. The topological polar surface area (TPSA) is 105 Å². The first kappa shape index (κ1) is 25.5. The summed E-state index contributed by atoms with van der Waals surface area (Å²) < 4.78 is 11.2. The second-order valence-electron chi connectivity index (χ2n) is 8.52. The molecule has 8 heteroatoms. The molecule has 2 N–H and O–H groups in total. The molecule has 0 aliphatic carbocycles. The average Bonchev–Trinajstić information content (AvgIpc) is 3.17. The number of para-hydroxylation sites is 1. The number of aliphatic hydroxyl groups excluding tert-OH is 1. The van der Waals surface area contributed by atoms with Gasteiger partial charge in [-0.15, -0.1) is 0 Å². The largest absolute Gasteiger partial charge is 0.507 e. The smallest absolute Gasteiger partial charge is 0.300 e. The summed E-state index contributed by atoms with van der Waals surface area (Å²) >= 11 is 0. The van der Waals surface area contributed by atoms with Gasteiger partial charge in [0.15, 0.2) is 0 Å². The lowest BCUT2D eigenvalue weighted by atomic mass is 9.94. The first-order valence-electron chi connectivity index (χ1n) is 11.9. The predicted octanol–water partition coefficient (Wildman–Crippen LogP) is 5.07. The van der Waals surface area contributed by atoms with E-state index >= 15 is 0 Å². The lowest BCUT2D eigenvalue weighted by molar-refractivity contribution is -0.132. The van der Waals surface area contributed by atoms with Crippen LogP contribution in [0.3, 0.4) is 0 Å². The SMILES string of the molecule is CCCOc1cccc(/C(O)=C2/C(=O)C(=O)N(c3ccc(NC(C)=O)cc3)C2c2ccccc2OC)c1. The van der Waals surface area contributed by atoms with Crippen LogP contribution in [0.2, 0.25) is 0 Å². The van der Waals surface area contributed by atoms with Gasteiger partial charge in [-0.1, -0.05) is 37.3 Å². The number of hydrogen-bond acceptors (Lipinski definition) is 6. The molecule has 3 aromatic rings. The van der Waals surface area contributed by atoms with Crippen molar-refractivity contribution in [1.29, 1.82) is 0 Å². The summed E-state index contributed by atoms with van der Waals surface area (Å²) in [5.74, 6) is -1.15. The third kappa shape index (κ3) is 5.18. The van der Waals surface area contributed by atoms with Crippen LogP contribution in [0.5, 0.6) is 11.5 Å². The Bertz CT molecular complexity index is 1360. The molecular weight excluding hydrogens is 472 g/mol. The summed E-state index contributed by atoms with van der Waals surface area (Å²) in [6.45, 7) is 3.89. The van der Waals surface area contributed by atoms with Crippen molar-refractivity contribution >= 4 is 34.7 Å². The van der Waals surface area contributed by atoms with E-state index in [9.17, 15) is 19.5 Å². The first-order valence-corrected chi connectivity index (χ1v) is 11.9. The van der Waals surface area contributed by atoms with Gasteiger partial charge in [0, 0.05) is 29.4 Å². The number of nitrogens with zero attached hydrogens (tertiary/aromatic N) is 1. The number of methoxy groups -OCH3 is 1. The number of ether oxygens (including phenoxy) is 2. The molecule has 1 aliphatic rings. The van der Waals surface area contributed by atoms with E-state index in [2.05, 4.69) is 5.32 Å². The molecule has 0 radical (unpaired) electrons. The van der Waals surface area contributed by atoms with Crippen LogP contribution in [-0.4, -0.2) is 36.4 Å². The van der Waals surface area contributed by atoms with Crippen LogP contribution in [0.1, 0.15) is 37.4 Å². The standard InChI is InChI=1S/C29H28N2O6/c1-4-16-37-22-9-7-8-19(17-22)27(33)25-26(23-10-5-6-11-24(23)36-3)31(29(35)28(25)34)21-14-12-20(13-15-21)30-18(2)32/h5-15,17,26,33H,4,16H2,1-3H3,(H,30,32)/b27-25-. The van der Waals surface area contributed by atoms with Crippen molar-refractivity contribution in [2.75, 3.05) is 23.9 Å². The summed E-state index contributed by atoms with van der Waals surface area (Å²) in [6, 6.07) is 19.4. The average molecular weight is 501 g/mol. The molecule has 0 aromatic heterocycles. The molecule has 1 fully saturated rings. The molecule has 1 aliphatic heterocycles. The third-order valence-corrected chi connectivity index (χ3v) is 5.92. The maximum Gasteiger partial charge on any atom is 0.300 e.